The van der Waals surface area contributed by atoms with Crippen LogP contribution in [0.4, 0.5) is 0 Å². The fraction of sp³-hybridized carbons (Fsp3) is 0.273. The van der Waals surface area contributed by atoms with E-state index in [2.05, 4.69) is 21.3 Å². The average molecular weight is 490 g/mol. The molecule has 0 saturated heterocycles. The van der Waals surface area contributed by atoms with E-state index in [-0.39, 0.29) is 6.04 Å². The van der Waals surface area contributed by atoms with E-state index >= 15 is 0 Å². The number of halogens is 1. The summed E-state index contributed by atoms with van der Waals surface area (Å²) in [5.74, 6) is 1.84. The molecule has 30 heavy (non-hydrogen) atoms. The lowest BCUT2D eigenvalue weighted by Gasteiger charge is -2.12. The second kappa shape index (κ2) is 9.95. The van der Waals surface area contributed by atoms with Gasteiger partial charge in [-0.2, -0.15) is 5.10 Å². The van der Waals surface area contributed by atoms with Crippen molar-refractivity contribution in [2.45, 2.75) is 19.9 Å². The molecule has 3 rings (SSSR count). The van der Waals surface area contributed by atoms with Crippen molar-refractivity contribution in [1.29, 1.82) is 0 Å². The number of nitrogens with zero attached hydrogens (tertiary/aromatic N) is 3. The molecule has 0 unspecified atom stereocenters. The molecule has 0 bridgehead atoms. The van der Waals surface area contributed by atoms with E-state index in [1.807, 2.05) is 48.9 Å². The van der Waals surface area contributed by atoms with Gasteiger partial charge in [0.1, 0.15) is 5.75 Å². The van der Waals surface area contributed by atoms with Crippen molar-refractivity contribution in [3.8, 4) is 28.5 Å². The third-order valence-electron chi connectivity index (χ3n) is 4.24. The normalized spacial score (nSPS) is 12.0. The summed E-state index contributed by atoms with van der Waals surface area (Å²) in [4.78, 5) is 5.54. The Bertz CT molecular complexity index is 1100. The van der Waals surface area contributed by atoms with Crippen molar-refractivity contribution in [1.82, 2.24) is 4.68 Å². The van der Waals surface area contributed by atoms with E-state index in [4.69, 9.17) is 24.3 Å². The SMILES string of the molecule is COc1cc(OC)c(OC)cc1C=Nn1c(-c2ccc(Br)cc2)csc1=NC(C)C. The van der Waals surface area contributed by atoms with Crippen molar-refractivity contribution >= 4 is 33.5 Å². The maximum Gasteiger partial charge on any atom is 0.206 e. The molecule has 0 radical (unpaired) electrons. The molecular formula is C22H24BrN3O3S. The lowest BCUT2D eigenvalue weighted by Crippen LogP contribution is -2.14. The van der Waals surface area contributed by atoms with Crippen molar-refractivity contribution in [2.75, 3.05) is 21.3 Å². The van der Waals surface area contributed by atoms with E-state index in [9.17, 15) is 0 Å². The van der Waals surface area contributed by atoms with Crippen LogP contribution < -0.4 is 19.0 Å². The Kier molecular flexibility index (Phi) is 7.33. The fourth-order valence-electron chi connectivity index (χ4n) is 2.81. The molecule has 6 nitrogen and oxygen atoms in total. The van der Waals surface area contributed by atoms with E-state index in [1.165, 1.54) is 0 Å². The third kappa shape index (κ3) is 4.94. The molecule has 0 aliphatic carbocycles. The number of benzene rings is 2. The molecular weight excluding hydrogens is 466 g/mol. The van der Waals surface area contributed by atoms with Gasteiger partial charge >= 0.3 is 0 Å². The van der Waals surface area contributed by atoms with Gasteiger partial charge in [0.05, 0.1) is 33.2 Å². The molecule has 0 N–H and O–H groups in total. The lowest BCUT2D eigenvalue weighted by molar-refractivity contribution is 0.349. The van der Waals surface area contributed by atoms with Gasteiger partial charge in [0, 0.05) is 33.1 Å². The quantitative estimate of drug-likeness (QED) is 0.428. The predicted molar refractivity (Wildman–Crippen MR) is 125 cm³/mol. The first-order valence-electron chi connectivity index (χ1n) is 9.31. The van der Waals surface area contributed by atoms with Gasteiger partial charge in [-0.15, -0.1) is 11.3 Å². The molecule has 0 aliphatic heterocycles. The Balaban J connectivity index is 2.13. The van der Waals surface area contributed by atoms with Gasteiger partial charge in [0.25, 0.3) is 0 Å². The average Bonchev–Trinajstić information content (AvgIpc) is 3.13. The second-order valence-electron chi connectivity index (χ2n) is 6.64. The van der Waals surface area contributed by atoms with Gasteiger partial charge < -0.3 is 14.2 Å². The first kappa shape index (κ1) is 22.1. The molecule has 2 aromatic carbocycles. The summed E-state index contributed by atoms with van der Waals surface area (Å²) in [6.45, 7) is 4.09. The first-order chi connectivity index (χ1) is 14.5. The zero-order valence-corrected chi connectivity index (χ0v) is 20.0. The van der Waals surface area contributed by atoms with Gasteiger partial charge in [-0.3, -0.25) is 4.99 Å². The van der Waals surface area contributed by atoms with E-state index in [1.54, 1.807) is 44.9 Å². The number of hydrogen-bond donors (Lipinski definition) is 0. The van der Waals surface area contributed by atoms with Crippen LogP contribution in [0.2, 0.25) is 0 Å². The number of aromatic nitrogens is 1. The van der Waals surface area contributed by atoms with Crippen LogP contribution >= 0.6 is 27.3 Å². The number of thiazole rings is 1. The molecule has 8 heteroatoms. The van der Waals surface area contributed by atoms with Crippen LogP contribution in [-0.2, 0) is 0 Å². The molecule has 0 saturated carbocycles. The van der Waals surface area contributed by atoms with Crippen molar-refractivity contribution in [3.63, 3.8) is 0 Å². The van der Waals surface area contributed by atoms with E-state index < -0.39 is 0 Å². The summed E-state index contributed by atoms with van der Waals surface area (Å²) in [7, 11) is 4.81. The van der Waals surface area contributed by atoms with Crippen LogP contribution in [0, 0.1) is 0 Å². The summed E-state index contributed by atoms with van der Waals surface area (Å²) in [6, 6.07) is 11.9. The predicted octanol–water partition coefficient (Wildman–Crippen LogP) is 5.20. The molecule has 0 spiro atoms. The summed E-state index contributed by atoms with van der Waals surface area (Å²) in [5.41, 5.74) is 2.78. The zero-order valence-electron chi connectivity index (χ0n) is 17.5. The molecule has 0 atom stereocenters. The Hall–Kier alpha value is -2.58. The molecule has 0 aliphatic rings. The maximum absolute atomic E-state index is 5.52. The highest BCUT2D eigenvalue weighted by molar-refractivity contribution is 9.10. The minimum Gasteiger partial charge on any atom is -0.496 e. The first-order valence-corrected chi connectivity index (χ1v) is 11.0. The van der Waals surface area contributed by atoms with Crippen LogP contribution in [-0.4, -0.2) is 38.3 Å². The molecule has 1 aromatic heterocycles. The van der Waals surface area contributed by atoms with Crippen molar-refractivity contribution < 1.29 is 14.2 Å². The van der Waals surface area contributed by atoms with Gasteiger partial charge in [-0.1, -0.05) is 28.1 Å². The summed E-state index contributed by atoms with van der Waals surface area (Å²) < 4.78 is 19.2. The smallest absolute Gasteiger partial charge is 0.206 e. The highest BCUT2D eigenvalue weighted by Crippen LogP contribution is 2.34. The molecule has 158 valence electrons. The number of rotatable bonds is 7. The monoisotopic (exact) mass is 489 g/mol. The summed E-state index contributed by atoms with van der Waals surface area (Å²) in [5, 5.41) is 6.81. The minimum absolute atomic E-state index is 0.151. The van der Waals surface area contributed by atoms with Crippen LogP contribution in [0.3, 0.4) is 0 Å². The van der Waals surface area contributed by atoms with Gasteiger partial charge in [0.15, 0.2) is 11.5 Å². The van der Waals surface area contributed by atoms with Gasteiger partial charge in [-0.05, 0) is 32.0 Å². The van der Waals surface area contributed by atoms with Gasteiger partial charge in [0.2, 0.25) is 4.80 Å². The fourth-order valence-corrected chi connectivity index (χ4v) is 4.05. The summed E-state index contributed by atoms with van der Waals surface area (Å²) >= 11 is 5.05. The molecule has 0 fully saturated rings. The zero-order chi connectivity index (χ0) is 21.7. The van der Waals surface area contributed by atoms with Crippen LogP contribution in [0.15, 0.2) is 56.3 Å². The van der Waals surface area contributed by atoms with Crippen LogP contribution in [0.1, 0.15) is 19.4 Å². The van der Waals surface area contributed by atoms with Crippen molar-refractivity contribution in [3.05, 3.63) is 56.6 Å². The second-order valence-corrected chi connectivity index (χ2v) is 8.39. The summed E-state index contributed by atoms with van der Waals surface area (Å²) in [6.07, 6.45) is 1.75. The minimum atomic E-state index is 0.151. The Morgan fingerprint density at radius 1 is 0.967 bits per heavy atom. The van der Waals surface area contributed by atoms with Gasteiger partial charge in [-0.25, -0.2) is 4.68 Å². The highest BCUT2D eigenvalue weighted by Gasteiger charge is 2.12. The molecule has 3 aromatic rings. The Labute approximate surface area is 188 Å². The van der Waals surface area contributed by atoms with E-state index in [0.29, 0.717) is 17.2 Å². The Morgan fingerprint density at radius 3 is 2.20 bits per heavy atom. The number of methoxy groups -OCH3 is 3. The number of ether oxygens (including phenoxy) is 3. The van der Waals surface area contributed by atoms with Crippen molar-refractivity contribution in [2.24, 2.45) is 10.1 Å². The third-order valence-corrected chi connectivity index (χ3v) is 5.60. The lowest BCUT2D eigenvalue weighted by atomic mass is 10.2. The van der Waals surface area contributed by atoms with E-state index in [0.717, 1.165) is 26.1 Å². The largest absolute Gasteiger partial charge is 0.496 e. The molecule has 1 heterocycles. The highest BCUT2D eigenvalue weighted by atomic mass is 79.9. The van der Waals surface area contributed by atoms with Crippen LogP contribution in [0.5, 0.6) is 17.2 Å². The Morgan fingerprint density at radius 2 is 1.60 bits per heavy atom. The molecule has 0 amide bonds. The van der Waals surface area contributed by atoms with Crippen LogP contribution in [0.25, 0.3) is 11.3 Å². The standard InChI is InChI=1S/C22H24BrN3O3S/c1-14(2)25-22-26(18(13-30-22)15-6-8-17(23)9-7-15)24-12-16-10-20(28-4)21(29-5)11-19(16)27-3/h6-14H,1-5H3. The topological polar surface area (TPSA) is 57.3 Å². The maximum atomic E-state index is 5.52. The number of hydrogen-bond acceptors (Lipinski definition) is 6.